The number of aromatic hydroxyl groups is 1. The molecular weight excluding hydrogens is 454 g/mol. The molecule has 0 bridgehead atoms. The monoisotopic (exact) mass is 493 g/mol. The standard InChI is InChI=1S/C23H39N7O5/c1-13-10-15(31)11-14(2)16(13)12-19(21(33)29-18(22(34)35)7-3-4-8-24)30-20(32)17(25)6-5-9-28-23(26)27/h10-11,17-19,31H,3-9,12,24-25H2,1-2H3,(H,29,33)(H,30,32)(H,34,35)(H4,26,27,28)/t17-,18+,19+/m1/s1. The lowest BCUT2D eigenvalue weighted by Crippen LogP contribution is -2.55. The number of carboxylic acids is 1. The fraction of sp³-hybridized carbons (Fsp3) is 0.565. The molecule has 0 radical (unpaired) electrons. The van der Waals surface area contributed by atoms with Gasteiger partial charge >= 0.3 is 5.97 Å². The predicted molar refractivity (Wildman–Crippen MR) is 134 cm³/mol. The first kappa shape index (κ1) is 29.7. The van der Waals surface area contributed by atoms with Gasteiger partial charge in [-0.25, -0.2) is 4.79 Å². The second kappa shape index (κ2) is 14.8. The molecule has 0 heterocycles. The Kier molecular flexibility index (Phi) is 12.5. The number of benzene rings is 1. The van der Waals surface area contributed by atoms with E-state index in [2.05, 4.69) is 15.6 Å². The number of aryl methyl sites for hydroxylation is 2. The van der Waals surface area contributed by atoms with Gasteiger partial charge in [-0.3, -0.25) is 14.6 Å². The van der Waals surface area contributed by atoms with Crippen molar-refractivity contribution >= 4 is 23.7 Å². The number of nitrogens with zero attached hydrogens (tertiary/aromatic N) is 1. The Morgan fingerprint density at radius 1 is 0.971 bits per heavy atom. The van der Waals surface area contributed by atoms with Gasteiger partial charge in [0.25, 0.3) is 0 Å². The predicted octanol–water partition coefficient (Wildman–Crippen LogP) is -0.884. The molecule has 0 aliphatic rings. The van der Waals surface area contributed by atoms with E-state index in [1.165, 1.54) is 0 Å². The van der Waals surface area contributed by atoms with E-state index >= 15 is 0 Å². The van der Waals surface area contributed by atoms with E-state index in [1.54, 1.807) is 26.0 Å². The maximum atomic E-state index is 13.1. The number of phenolic OH excluding ortho intramolecular Hbond substituents is 1. The minimum absolute atomic E-state index is 0.0566. The quantitative estimate of drug-likeness (QED) is 0.0859. The number of carbonyl (C=O) groups excluding carboxylic acids is 2. The number of nitrogens with two attached hydrogens (primary N) is 4. The molecule has 0 unspecified atom stereocenters. The van der Waals surface area contributed by atoms with E-state index in [-0.39, 0.29) is 31.0 Å². The number of guanidine groups is 1. The molecule has 12 N–H and O–H groups in total. The van der Waals surface area contributed by atoms with Crippen LogP contribution in [0, 0.1) is 13.8 Å². The molecular formula is C23H39N7O5. The van der Waals surface area contributed by atoms with Crippen LogP contribution in [0.5, 0.6) is 5.75 Å². The number of phenols is 1. The number of aliphatic imine (C=N–C) groups is 1. The molecule has 1 rings (SSSR count). The van der Waals surface area contributed by atoms with Crippen LogP contribution in [-0.2, 0) is 20.8 Å². The molecule has 12 heteroatoms. The SMILES string of the molecule is Cc1cc(O)cc(C)c1C[C@H](NC(=O)[C@H](N)CCCN=C(N)N)C(=O)N[C@@H](CCCCN)C(=O)O. The van der Waals surface area contributed by atoms with E-state index < -0.39 is 35.9 Å². The summed E-state index contributed by atoms with van der Waals surface area (Å²) in [5, 5.41) is 24.6. The second-order valence-electron chi connectivity index (χ2n) is 8.56. The van der Waals surface area contributed by atoms with Gasteiger partial charge in [0.05, 0.1) is 6.04 Å². The summed E-state index contributed by atoms with van der Waals surface area (Å²) in [5.41, 5.74) is 24.2. The number of amides is 2. The van der Waals surface area contributed by atoms with Gasteiger partial charge in [0.1, 0.15) is 17.8 Å². The third-order valence-corrected chi connectivity index (χ3v) is 5.59. The van der Waals surface area contributed by atoms with E-state index in [4.69, 9.17) is 22.9 Å². The van der Waals surface area contributed by atoms with Gasteiger partial charge in [-0.2, -0.15) is 0 Å². The van der Waals surface area contributed by atoms with Crippen molar-refractivity contribution in [3.63, 3.8) is 0 Å². The lowest BCUT2D eigenvalue weighted by molar-refractivity contribution is -0.142. The minimum atomic E-state index is -1.17. The highest BCUT2D eigenvalue weighted by molar-refractivity contribution is 5.92. The molecule has 0 aliphatic carbocycles. The van der Waals surface area contributed by atoms with Gasteiger partial charge in [0.2, 0.25) is 11.8 Å². The topological polar surface area (TPSA) is 232 Å². The van der Waals surface area contributed by atoms with Gasteiger partial charge in [-0.05, 0) is 81.3 Å². The zero-order valence-electron chi connectivity index (χ0n) is 20.4. The molecule has 3 atom stereocenters. The van der Waals surface area contributed by atoms with Crippen LogP contribution < -0.4 is 33.6 Å². The van der Waals surface area contributed by atoms with E-state index in [0.717, 1.165) is 16.7 Å². The number of rotatable bonds is 15. The number of carbonyl (C=O) groups is 3. The number of aliphatic carboxylic acids is 1. The van der Waals surface area contributed by atoms with Crippen molar-refractivity contribution in [1.29, 1.82) is 0 Å². The Balaban J connectivity index is 3.04. The molecule has 0 spiro atoms. The Morgan fingerprint density at radius 3 is 2.11 bits per heavy atom. The Bertz CT molecular complexity index is 879. The molecule has 2 amide bonds. The first-order valence-electron chi connectivity index (χ1n) is 11.6. The van der Waals surface area contributed by atoms with Crippen molar-refractivity contribution in [2.24, 2.45) is 27.9 Å². The van der Waals surface area contributed by atoms with Gasteiger partial charge in [-0.1, -0.05) is 0 Å². The lowest BCUT2D eigenvalue weighted by Gasteiger charge is -2.24. The summed E-state index contributed by atoms with van der Waals surface area (Å²) in [6.45, 7) is 4.28. The second-order valence-corrected chi connectivity index (χ2v) is 8.56. The largest absolute Gasteiger partial charge is 0.508 e. The maximum Gasteiger partial charge on any atom is 0.326 e. The van der Waals surface area contributed by atoms with Crippen LogP contribution in [0.25, 0.3) is 0 Å². The molecule has 0 fully saturated rings. The number of nitrogens with one attached hydrogen (secondary N) is 2. The summed E-state index contributed by atoms with van der Waals surface area (Å²) in [6.07, 6.45) is 2.20. The Hall–Kier alpha value is -3.38. The average Bonchev–Trinajstić information content (AvgIpc) is 2.76. The summed E-state index contributed by atoms with van der Waals surface area (Å²) < 4.78 is 0. The van der Waals surface area contributed by atoms with E-state index in [9.17, 15) is 24.6 Å². The highest BCUT2D eigenvalue weighted by atomic mass is 16.4. The van der Waals surface area contributed by atoms with Crippen molar-refractivity contribution in [3.8, 4) is 5.75 Å². The average molecular weight is 494 g/mol. The van der Waals surface area contributed by atoms with Crippen LogP contribution in [0.15, 0.2) is 17.1 Å². The summed E-state index contributed by atoms with van der Waals surface area (Å²) in [5.74, 6) is -2.34. The zero-order valence-corrected chi connectivity index (χ0v) is 20.4. The van der Waals surface area contributed by atoms with Crippen LogP contribution in [0.2, 0.25) is 0 Å². The third kappa shape index (κ3) is 10.6. The molecule has 0 saturated heterocycles. The summed E-state index contributed by atoms with van der Waals surface area (Å²) in [4.78, 5) is 41.4. The first-order chi connectivity index (χ1) is 16.5. The summed E-state index contributed by atoms with van der Waals surface area (Å²) in [7, 11) is 0. The van der Waals surface area contributed by atoms with Crippen LogP contribution in [-0.4, -0.2) is 65.2 Å². The molecule has 0 saturated carbocycles. The molecule has 0 aromatic heterocycles. The molecule has 1 aromatic carbocycles. The van der Waals surface area contributed by atoms with Crippen LogP contribution >= 0.6 is 0 Å². The molecule has 35 heavy (non-hydrogen) atoms. The third-order valence-electron chi connectivity index (χ3n) is 5.59. The van der Waals surface area contributed by atoms with Crippen molar-refractivity contribution in [1.82, 2.24) is 10.6 Å². The molecule has 0 aliphatic heterocycles. The zero-order chi connectivity index (χ0) is 26.5. The van der Waals surface area contributed by atoms with Crippen molar-refractivity contribution in [2.75, 3.05) is 13.1 Å². The normalized spacial score (nSPS) is 13.4. The fourth-order valence-electron chi connectivity index (χ4n) is 3.66. The van der Waals surface area contributed by atoms with Crippen molar-refractivity contribution < 1.29 is 24.6 Å². The highest BCUT2D eigenvalue weighted by Gasteiger charge is 2.29. The van der Waals surface area contributed by atoms with E-state index in [1.807, 2.05) is 0 Å². The van der Waals surface area contributed by atoms with E-state index in [0.29, 0.717) is 32.4 Å². The van der Waals surface area contributed by atoms with Crippen molar-refractivity contribution in [3.05, 3.63) is 28.8 Å². The fourth-order valence-corrected chi connectivity index (χ4v) is 3.66. The van der Waals surface area contributed by atoms with Crippen LogP contribution in [0.4, 0.5) is 0 Å². The Morgan fingerprint density at radius 2 is 1.57 bits per heavy atom. The number of hydrogen-bond acceptors (Lipinski definition) is 7. The maximum absolute atomic E-state index is 13.1. The van der Waals surface area contributed by atoms with Gasteiger partial charge in [-0.15, -0.1) is 0 Å². The highest BCUT2D eigenvalue weighted by Crippen LogP contribution is 2.22. The Labute approximate surface area is 205 Å². The van der Waals surface area contributed by atoms with Gasteiger partial charge in [0.15, 0.2) is 5.96 Å². The number of carboxylic acid groups (broad SMARTS) is 1. The molecule has 196 valence electrons. The van der Waals surface area contributed by atoms with Crippen molar-refractivity contribution in [2.45, 2.75) is 70.5 Å². The molecule has 12 nitrogen and oxygen atoms in total. The number of hydrogen-bond donors (Lipinski definition) is 8. The minimum Gasteiger partial charge on any atom is -0.508 e. The van der Waals surface area contributed by atoms with Gasteiger partial charge < -0.3 is 43.8 Å². The lowest BCUT2D eigenvalue weighted by atomic mass is 9.95. The first-order valence-corrected chi connectivity index (χ1v) is 11.6. The number of unbranched alkanes of at least 4 members (excludes halogenated alkanes) is 1. The van der Waals surface area contributed by atoms with Crippen LogP contribution in [0.1, 0.15) is 48.8 Å². The summed E-state index contributed by atoms with van der Waals surface area (Å²) >= 11 is 0. The van der Waals surface area contributed by atoms with Gasteiger partial charge in [0, 0.05) is 13.0 Å². The molecule has 1 aromatic rings. The smallest absolute Gasteiger partial charge is 0.326 e. The van der Waals surface area contributed by atoms with Crippen LogP contribution in [0.3, 0.4) is 0 Å². The summed E-state index contributed by atoms with van der Waals surface area (Å²) in [6, 6.07) is -0.00222.